The Morgan fingerprint density at radius 3 is 2.69 bits per heavy atom. The first-order valence-corrected chi connectivity index (χ1v) is 8.09. The maximum Gasteiger partial charge on any atom is 0.339 e. The average molecular weight is 349 g/mol. The zero-order valence-corrected chi connectivity index (χ0v) is 13.9. The van der Waals surface area contributed by atoms with Gasteiger partial charge in [-0.3, -0.25) is 9.20 Å². The molecule has 2 heterocycles. The average Bonchev–Trinajstić information content (AvgIpc) is 3.09. The summed E-state index contributed by atoms with van der Waals surface area (Å²) in [5, 5.41) is 9.44. The number of nitrogens with one attached hydrogen (secondary N) is 1. The van der Waals surface area contributed by atoms with Gasteiger partial charge in [0.1, 0.15) is 22.7 Å². The van der Waals surface area contributed by atoms with Gasteiger partial charge in [0.2, 0.25) is 0 Å². The molecule has 0 aliphatic carbocycles. The summed E-state index contributed by atoms with van der Waals surface area (Å²) in [7, 11) is 0. The molecule has 0 aliphatic rings. The maximum atomic E-state index is 12.4. The largest absolute Gasteiger partial charge is 0.493 e. The Bertz CT molecular complexity index is 1190. The lowest BCUT2D eigenvalue weighted by molar-refractivity contribution is 0.0692. The van der Waals surface area contributed by atoms with E-state index in [0.29, 0.717) is 29.0 Å². The molecule has 0 saturated heterocycles. The Morgan fingerprint density at radius 1 is 1.23 bits per heavy atom. The van der Waals surface area contributed by atoms with Crippen LogP contribution in [0.1, 0.15) is 17.3 Å². The molecule has 2 aromatic heterocycles. The first kappa shape index (κ1) is 15.9. The topological polar surface area (TPSA) is 96.7 Å². The first-order valence-electron chi connectivity index (χ1n) is 8.09. The van der Waals surface area contributed by atoms with E-state index in [-0.39, 0.29) is 16.9 Å². The van der Waals surface area contributed by atoms with Gasteiger partial charge in [0.25, 0.3) is 5.56 Å². The van der Waals surface area contributed by atoms with Crippen LogP contribution in [0.2, 0.25) is 0 Å². The molecule has 2 aromatic carbocycles. The summed E-state index contributed by atoms with van der Waals surface area (Å²) in [5.41, 5.74) is 1.90. The number of ether oxygens (including phenoxy) is 1. The number of carbonyl (C=O) groups is 1. The highest BCUT2D eigenvalue weighted by Gasteiger charge is 2.18. The predicted octanol–water partition coefficient (Wildman–Crippen LogP) is 2.94. The van der Waals surface area contributed by atoms with Crippen molar-refractivity contribution in [1.29, 1.82) is 0 Å². The van der Waals surface area contributed by atoms with E-state index in [1.165, 1.54) is 12.3 Å². The summed E-state index contributed by atoms with van der Waals surface area (Å²) < 4.78 is 7.22. The number of rotatable bonds is 4. The highest BCUT2D eigenvalue weighted by atomic mass is 16.5. The second kappa shape index (κ2) is 6.03. The predicted molar refractivity (Wildman–Crippen MR) is 96.9 cm³/mol. The Morgan fingerprint density at radius 2 is 2.00 bits per heavy atom. The van der Waals surface area contributed by atoms with Crippen LogP contribution in [0.4, 0.5) is 0 Å². The fourth-order valence-electron chi connectivity index (χ4n) is 3.03. The van der Waals surface area contributed by atoms with E-state index >= 15 is 0 Å². The molecule has 2 N–H and O–H groups in total. The maximum absolute atomic E-state index is 12.4. The van der Waals surface area contributed by atoms with Gasteiger partial charge in [-0.2, -0.15) is 0 Å². The highest BCUT2D eigenvalue weighted by Crippen LogP contribution is 2.28. The van der Waals surface area contributed by atoms with Crippen LogP contribution in [0.15, 0.2) is 53.5 Å². The van der Waals surface area contributed by atoms with Gasteiger partial charge in [-0.15, -0.1) is 0 Å². The summed E-state index contributed by atoms with van der Waals surface area (Å²) in [6, 6.07) is 12.5. The number of hydrogen-bond donors (Lipinski definition) is 2. The van der Waals surface area contributed by atoms with Crippen LogP contribution in [0.3, 0.4) is 0 Å². The zero-order chi connectivity index (χ0) is 18.3. The molecule has 4 aromatic rings. The van der Waals surface area contributed by atoms with Crippen LogP contribution in [0, 0.1) is 0 Å². The molecular weight excluding hydrogens is 334 g/mol. The number of H-pyrrole nitrogens is 1. The molecule has 0 saturated carbocycles. The van der Waals surface area contributed by atoms with E-state index in [1.807, 2.05) is 30.3 Å². The summed E-state index contributed by atoms with van der Waals surface area (Å²) in [6.07, 6.45) is 1.51. The third-order valence-corrected chi connectivity index (χ3v) is 4.14. The van der Waals surface area contributed by atoms with E-state index in [1.54, 1.807) is 17.4 Å². The Hall–Kier alpha value is -3.61. The van der Waals surface area contributed by atoms with Gasteiger partial charge in [-0.05, 0) is 13.0 Å². The highest BCUT2D eigenvalue weighted by molar-refractivity contribution is 5.96. The van der Waals surface area contributed by atoms with Crippen LogP contribution in [0.25, 0.3) is 27.9 Å². The van der Waals surface area contributed by atoms with Crippen molar-refractivity contribution in [2.45, 2.75) is 6.92 Å². The third kappa shape index (κ3) is 2.41. The zero-order valence-electron chi connectivity index (χ0n) is 13.9. The molecule has 4 rings (SSSR count). The Balaban J connectivity index is 2.13. The molecule has 7 nitrogen and oxygen atoms in total. The molecule has 0 atom stereocenters. The van der Waals surface area contributed by atoms with Crippen molar-refractivity contribution in [2.24, 2.45) is 0 Å². The number of carboxylic acid groups (broad SMARTS) is 1. The molecule has 0 spiro atoms. The van der Waals surface area contributed by atoms with Crippen molar-refractivity contribution >= 4 is 22.5 Å². The lowest BCUT2D eigenvalue weighted by Gasteiger charge is -2.11. The molecular formula is C19H15N3O4. The summed E-state index contributed by atoms with van der Waals surface area (Å²) in [5.74, 6) is -0.277. The second-order valence-corrected chi connectivity index (χ2v) is 5.73. The SMILES string of the molecule is CCOc1cc2c(cc1C(=O)O)[nH]c(=O)c1cnc(-c3ccccc3)n12. The normalized spacial score (nSPS) is 11.1. The monoisotopic (exact) mass is 349 g/mol. The summed E-state index contributed by atoms with van der Waals surface area (Å²) in [6.45, 7) is 2.11. The van der Waals surface area contributed by atoms with Crippen LogP contribution in [0.5, 0.6) is 5.75 Å². The second-order valence-electron chi connectivity index (χ2n) is 5.73. The number of aromatic carboxylic acids is 1. The smallest absolute Gasteiger partial charge is 0.339 e. The van der Waals surface area contributed by atoms with Crippen molar-refractivity contribution in [3.05, 3.63) is 64.6 Å². The van der Waals surface area contributed by atoms with Crippen LogP contribution < -0.4 is 10.3 Å². The van der Waals surface area contributed by atoms with Gasteiger partial charge in [-0.1, -0.05) is 30.3 Å². The minimum atomic E-state index is -1.12. The molecule has 0 bridgehead atoms. The fraction of sp³-hybridized carbons (Fsp3) is 0.105. The van der Waals surface area contributed by atoms with E-state index in [2.05, 4.69) is 9.97 Å². The Kier molecular flexibility index (Phi) is 3.69. The standard InChI is InChI=1S/C19H15N3O4/c1-2-26-16-9-14-13(8-12(16)19(24)25)21-18(23)15-10-20-17(22(14)15)11-6-4-3-5-7-11/h3-10H,2H2,1H3,(H,21,23)(H,24,25). The van der Waals surface area contributed by atoms with E-state index in [0.717, 1.165) is 5.56 Å². The number of benzene rings is 2. The minimum absolute atomic E-state index is 0.00396. The van der Waals surface area contributed by atoms with Gasteiger partial charge in [0.15, 0.2) is 0 Å². The molecule has 26 heavy (non-hydrogen) atoms. The molecule has 0 aliphatic heterocycles. The number of aromatic amines is 1. The molecule has 0 amide bonds. The van der Waals surface area contributed by atoms with Gasteiger partial charge in [0, 0.05) is 11.6 Å². The summed E-state index contributed by atoms with van der Waals surface area (Å²) in [4.78, 5) is 31.1. The van der Waals surface area contributed by atoms with Crippen LogP contribution in [-0.4, -0.2) is 32.1 Å². The van der Waals surface area contributed by atoms with Crippen molar-refractivity contribution in [3.63, 3.8) is 0 Å². The lowest BCUT2D eigenvalue weighted by Crippen LogP contribution is -2.12. The molecule has 0 radical (unpaired) electrons. The number of nitrogens with zero attached hydrogens (tertiary/aromatic N) is 2. The molecule has 0 fully saturated rings. The van der Waals surface area contributed by atoms with Gasteiger partial charge >= 0.3 is 5.97 Å². The van der Waals surface area contributed by atoms with Gasteiger partial charge < -0.3 is 14.8 Å². The molecule has 130 valence electrons. The van der Waals surface area contributed by atoms with E-state index < -0.39 is 5.97 Å². The number of hydrogen-bond acceptors (Lipinski definition) is 4. The van der Waals surface area contributed by atoms with Crippen LogP contribution >= 0.6 is 0 Å². The Labute approximate surface area is 147 Å². The van der Waals surface area contributed by atoms with Crippen molar-refractivity contribution in [2.75, 3.05) is 6.61 Å². The number of carboxylic acids is 1. The van der Waals surface area contributed by atoms with E-state index in [9.17, 15) is 14.7 Å². The van der Waals surface area contributed by atoms with Crippen LogP contribution in [-0.2, 0) is 0 Å². The van der Waals surface area contributed by atoms with E-state index in [4.69, 9.17) is 4.74 Å². The number of fused-ring (bicyclic) bond motifs is 3. The van der Waals surface area contributed by atoms with Gasteiger partial charge in [-0.25, -0.2) is 9.78 Å². The first-order chi connectivity index (χ1) is 12.6. The lowest BCUT2D eigenvalue weighted by atomic mass is 10.1. The minimum Gasteiger partial charge on any atom is -0.493 e. The fourth-order valence-corrected chi connectivity index (χ4v) is 3.03. The molecule has 7 heteroatoms. The van der Waals surface area contributed by atoms with Crippen molar-refractivity contribution < 1.29 is 14.6 Å². The third-order valence-electron chi connectivity index (χ3n) is 4.14. The van der Waals surface area contributed by atoms with Gasteiger partial charge in [0.05, 0.1) is 23.8 Å². The van der Waals surface area contributed by atoms with Crippen molar-refractivity contribution in [3.8, 4) is 17.1 Å². The molecule has 0 unspecified atom stereocenters. The number of aromatic nitrogens is 3. The number of imidazole rings is 1. The quantitative estimate of drug-likeness (QED) is 0.590. The summed E-state index contributed by atoms with van der Waals surface area (Å²) >= 11 is 0. The van der Waals surface area contributed by atoms with Crippen molar-refractivity contribution in [1.82, 2.24) is 14.4 Å².